The van der Waals surface area contributed by atoms with Crippen LogP contribution in [0.5, 0.6) is 5.75 Å². The number of anilines is 1. The molecule has 0 atom stereocenters. The van der Waals surface area contributed by atoms with Gasteiger partial charge in [0.2, 0.25) is 0 Å². The van der Waals surface area contributed by atoms with E-state index in [-0.39, 0.29) is 16.7 Å². The number of methoxy groups -OCH3 is 1. The smallest absolute Gasteiger partial charge is 0.347 e. The lowest BCUT2D eigenvalue weighted by Crippen LogP contribution is -2.26. The third-order valence-electron chi connectivity index (χ3n) is 3.72. The molecule has 0 aromatic heterocycles. The number of hydrogen-bond donors (Lipinski definition) is 1. The second-order valence-electron chi connectivity index (χ2n) is 5.33. The molecule has 122 valence electrons. The number of benzene rings is 1. The number of carbonyl (C=O) groups is 1. The first-order valence-electron chi connectivity index (χ1n) is 7.57. The molecule has 1 aliphatic rings. The van der Waals surface area contributed by atoms with E-state index in [9.17, 15) is 10.2 Å². The summed E-state index contributed by atoms with van der Waals surface area (Å²) in [5.41, 5.74) is 0.510. The van der Waals surface area contributed by atoms with Gasteiger partial charge in [-0.15, -0.1) is 0 Å². The standard InChI is InChI=1S/C17H19N2O3S/c1-21-13-9-7-12(8-10-13)19-16(23)15(11-18)17(20)22-14-5-3-2-4-6-14/h7-10,14H,2-6H2,1H3,(H,19,23)/q-1. The summed E-state index contributed by atoms with van der Waals surface area (Å²) in [7, 11) is 1.58. The summed E-state index contributed by atoms with van der Waals surface area (Å²) in [6, 6.07) is 7.04. The average Bonchev–Trinajstić information content (AvgIpc) is 2.57. The summed E-state index contributed by atoms with van der Waals surface area (Å²) in [5.74, 6) is 1.91. The van der Waals surface area contributed by atoms with Gasteiger partial charge >= 0.3 is 5.97 Å². The number of rotatable bonds is 5. The van der Waals surface area contributed by atoms with Gasteiger partial charge in [-0.3, -0.25) is 5.87 Å². The second kappa shape index (κ2) is 8.46. The molecule has 1 saturated carbocycles. The fraction of sp³-hybridized carbons (Fsp3) is 0.412. The van der Waals surface area contributed by atoms with Gasteiger partial charge in [-0.2, -0.15) is 0 Å². The first-order valence-corrected chi connectivity index (χ1v) is 7.98. The third-order valence-corrected chi connectivity index (χ3v) is 4.02. The summed E-state index contributed by atoms with van der Waals surface area (Å²) < 4.78 is 10.5. The highest BCUT2D eigenvalue weighted by atomic mass is 32.1. The Morgan fingerprint density at radius 2 is 1.91 bits per heavy atom. The highest BCUT2D eigenvalue weighted by molar-refractivity contribution is 7.81. The monoisotopic (exact) mass is 331 g/mol. The Morgan fingerprint density at radius 1 is 1.26 bits per heavy atom. The third kappa shape index (κ3) is 4.91. The first kappa shape index (κ1) is 17.2. The van der Waals surface area contributed by atoms with Gasteiger partial charge in [-0.05, 0) is 49.9 Å². The van der Waals surface area contributed by atoms with Crippen LogP contribution in [0.25, 0.3) is 5.41 Å². The van der Waals surface area contributed by atoms with Crippen molar-refractivity contribution in [2.75, 3.05) is 12.4 Å². The van der Waals surface area contributed by atoms with Gasteiger partial charge in [0.05, 0.1) is 7.11 Å². The maximum absolute atomic E-state index is 12.1. The van der Waals surface area contributed by atoms with Gasteiger partial charge in [-0.25, -0.2) is 4.79 Å². The van der Waals surface area contributed by atoms with Gasteiger partial charge < -0.3 is 20.2 Å². The minimum Gasteiger partial charge on any atom is -0.762 e. The van der Waals surface area contributed by atoms with Gasteiger partial charge in [0.25, 0.3) is 0 Å². The molecule has 23 heavy (non-hydrogen) atoms. The average molecular weight is 331 g/mol. The summed E-state index contributed by atoms with van der Waals surface area (Å²) in [6.45, 7) is 0. The lowest BCUT2D eigenvalue weighted by atomic mass is 9.98. The van der Waals surface area contributed by atoms with E-state index in [0.717, 1.165) is 25.7 Å². The summed E-state index contributed by atoms with van der Waals surface area (Å²) in [5, 5.41) is 12.1. The van der Waals surface area contributed by atoms with Crippen molar-refractivity contribution in [3.63, 3.8) is 0 Å². The van der Waals surface area contributed by atoms with Crippen LogP contribution in [0.1, 0.15) is 32.1 Å². The summed E-state index contributed by atoms with van der Waals surface area (Å²) in [6.07, 6.45) is 4.86. The Morgan fingerprint density at radius 3 is 2.48 bits per heavy atom. The second-order valence-corrected chi connectivity index (χ2v) is 5.74. The minimum absolute atomic E-state index is 0.0680. The normalized spacial score (nSPS) is 14.5. The Kier molecular flexibility index (Phi) is 6.32. The van der Waals surface area contributed by atoms with Crippen LogP contribution in [-0.4, -0.2) is 30.0 Å². The van der Waals surface area contributed by atoms with E-state index in [1.54, 1.807) is 31.4 Å². The summed E-state index contributed by atoms with van der Waals surface area (Å²) >= 11 is 5.16. The molecule has 5 nitrogen and oxygen atoms in total. The Balaban J connectivity index is 1.97. The molecule has 0 aliphatic heterocycles. The number of ether oxygens (including phenoxy) is 2. The number of nitrogens with zero attached hydrogens (tertiary/aromatic N) is 1. The molecule has 1 aliphatic carbocycles. The van der Waals surface area contributed by atoms with Crippen molar-refractivity contribution in [2.45, 2.75) is 38.2 Å². The lowest BCUT2D eigenvalue weighted by molar-refractivity contribution is -0.144. The Hall–Kier alpha value is -2.17. The lowest BCUT2D eigenvalue weighted by Gasteiger charge is -2.22. The number of carbonyl (C=O) groups excluding carboxylic acids is 1. The number of hydrogen-bond acceptors (Lipinski definition) is 4. The molecule has 6 heteroatoms. The number of thiocarbonyl (C=S) groups is 1. The first-order chi connectivity index (χ1) is 11.1. The molecule has 0 heterocycles. The van der Waals surface area contributed by atoms with Crippen LogP contribution < -0.4 is 10.1 Å². The molecule has 0 amide bonds. The van der Waals surface area contributed by atoms with E-state index in [2.05, 4.69) is 5.32 Å². The van der Waals surface area contributed by atoms with E-state index in [0.29, 0.717) is 11.4 Å². The molecule has 1 fully saturated rings. The molecular weight excluding hydrogens is 312 g/mol. The van der Waals surface area contributed by atoms with Crippen molar-refractivity contribution < 1.29 is 14.3 Å². The van der Waals surface area contributed by atoms with E-state index < -0.39 is 5.97 Å². The highest BCUT2D eigenvalue weighted by Crippen LogP contribution is 2.21. The SMILES string of the molecule is COc1ccc(NC(=S)C(=C=[N-])C(=O)OC2CCCCC2)cc1. The van der Waals surface area contributed by atoms with E-state index in [1.165, 1.54) is 6.42 Å². The van der Waals surface area contributed by atoms with Gasteiger partial charge in [-0.1, -0.05) is 18.6 Å². The number of nitrogens with one attached hydrogen (secondary N) is 1. The van der Waals surface area contributed by atoms with Crippen molar-refractivity contribution in [1.82, 2.24) is 0 Å². The molecule has 1 aromatic carbocycles. The van der Waals surface area contributed by atoms with Crippen molar-refractivity contribution >= 4 is 34.7 Å². The molecule has 2 rings (SSSR count). The zero-order valence-corrected chi connectivity index (χ0v) is 13.8. The molecule has 0 radical (unpaired) electrons. The molecule has 1 N–H and O–H groups in total. The van der Waals surface area contributed by atoms with Crippen molar-refractivity contribution in [3.05, 3.63) is 35.2 Å². The van der Waals surface area contributed by atoms with Gasteiger partial charge in [0, 0.05) is 5.69 Å². The predicted octanol–water partition coefficient (Wildman–Crippen LogP) is 3.48. The molecule has 0 bridgehead atoms. The maximum atomic E-state index is 12.1. The van der Waals surface area contributed by atoms with Crippen LogP contribution in [0.15, 0.2) is 29.8 Å². The quantitative estimate of drug-likeness (QED) is 0.387. The van der Waals surface area contributed by atoms with Crippen molar-refractivity contribution in [3.8, 4) is 5.75 Å². The van der Waals surface area contributed by atoms with Crippen molar-refractivity contribution in [1.29, 1.82) is 0 Å². The highest BCUT2D eigenvalue weighted by Gasteiger charge is 2.21. The van der Waals surface area contributed by atoms with Gasteiger partial charge in [0.1, 0.15) is 22.4 Å². The molecule has 0 spiro atoms. The van der Waals surface area contributed by atoms with Gasteiger partial charge in [0.15, 0.2) is 0 Å². The molecular formula is C17H19N2O3S-. The number of esters is 1. The Labute approximate surface area is 141 Å². The van der Waals surface area contributed by atoms with E-state index in [4.69, 9.17) is 21.7 Å². The molecule has 1 aromatic rings. The van der Waals surface area contributed by atoms with Crippen LogP contribution in [0, 0.1) is 0 Å². The minimum atomic E-state index is -0.648. The predicted molar refractivity (Wildman–Crippen MR) is 94.1 cm³/mol. The van der Waals surface area contributed by atoms with E-state index >= 15 is 0 Å². The fourth-order valence-corrected chi connectivity index (χ4v) is 2.70. The van der Waals surface area contributed by atoms with Crippen LogP contribution in [0.3, 0.4) is 0 Å². The van der Waals surface area contributed by atoms with Crippen molar-refractivity contribution in [2.24, 2.45) is 0 Å². The molecule has 0 saturated heterocycles. The zero-order valence-electron chi connectivity index (χ0n) is 13.0. The zero-order chi connectivity index (χ0) is 16.7. The van der Waals surface area contributed by atoms with Crippen LogP contribution in [0.4, 0.5) is 5.69 Å². The van der Waals surface area contributed by atoms with E-state index in [1.807, 2.05) is 5.87 Å². The van der Waals surface area contributed by atoms with Crippen LogP contribution in [-0.2, 0) is 9.53 Å². The summed E-state index contributed by atoms with van der Waals surface area (Å²) in [4.78, 5) is 12.2. The fourth-order valence-electron chi connectivity index (χ4n) is 2.45. The molecule has 0 unspecified atom stereocenters. The topological polar surface area (TPSA) is 69.9 Å². The van der Waals surface area contributed by atoms with Crippen LogP contribution >= 0.6 is 12.2 Å². The largest absolute Gasteiger partial charge is 0.762 e. The Bertz CT molecular complexity index is 615. The maximum Gasteiger partial charge on any atom is 0.347 e. The van der Waals surface area contributed by atoms with Crippen LogP contribution in [0.2, 0.25) is 0 Å².